The summed E-state index contributed by atoms with van der Waals surface area (Å²) in [5.74, 6) is 0.820. The van der Waals surface area contributed by atoms with Gasteiger partial charge < -0.3 is 5.32 Å². The Bertz CT molecular complexity index is 298. The van der Waals surface area contributed by atoms with Crippen molar-refractivity contribution in [1.29, 1.82) is 0 Å². The summed E-state index contributed by atoms with van der Waals surface area (Å²) >= 11 is 1.85. The van der Waals surface area contributed by atoms with E-state index in [1.165, 1.54) is 24.3 Å². The van der Waals surface area contributed by atoms with Crippen LogP contribution in [0, 0.1) is 11.3 Å². The van der Waals surface area contributed by atoms with Crippen molar-refractivity contribution in [2.24, 2.45) is 11.3 Å². The average molecular weight is 223 g/mol. The molecule has 1 atom stereocenters. The van der Waals surface area contributed by atoms with Gasteiger partial charge in [0.15, 0.2) is 0 Å². The third kappa shape index (κ3) is 2.43. The third-order valence-electron chi connectivity index (χ3n) is 3.85. The molecule has 15 heavy (non-hydrogen) atoms. The first-order chi connectivity index (χ1) is 7.14. The van der Waals surface area contributed by atoms with Gasteiger partial charge in [-0.1, -0.05) is 19.9 Å². The molecule has 2 rings (SSSR count). The van der Waals surface area contributed by atoms with E-state index in [4.69, 9.17) is 0 Å². The zero-order chi connectivity index (χ0) is 10.9. The molecule has 1 fully saturated rings. The van der Waals surface area contributed by atoms with Gasteiger partial charge in [0.05, 0.1) is 0 Å². The maximum Gasteiger partial charge on any atom is 0.0386 e. The van der Waals surface area contributed by atoms with Gasteiger partial charge in [-0.15, -0.1) is 11.3 Å². The Hall–Kier alpha value is -0.340. The van der Waals surface area contributed by atoms with Crippen molar-refractivity contribution in [3.63, 3.8) is 0 Å². The molecule has 0 saturated heterocycles. The fourth-order valence-electron chi connectivity index (χ4n) is 2.11. The van der Waals surface area contributed by atoms with Crippen molar-refractivity contribution in [3.8, 4) is 0 Å². The van der Waals surface area contributed by atoms with Crippen LogP contribution in [0.25, 0.3) is 0 Å². The molecule has 1 unspecified atom stereocenters. The van der Waals surface area contributed by atoms with E-state index in [-0.39, 0.29) is 0 Å². The van der Waals surface area contributed by atoms with Gasteiger partial charge in [-0.25, -0.2) is 0 Å². The van der Waals surface area contributed by atoms with Crippen LogP contribution in [0.2, 0.25) is 0 Å². The molecule has 1 N–H and O–H groups in total. The lowest BCUT2D eigenvalue weighted by molar-refractivity contribution is 0.326. The quantitative estimate of drug-likeness (QED) is 0.800. The van der Waals surface area contributed by atoms with Gasteiger partial charge in [0.1, 0.15) is 0 Å². The Labute approximate surface area is 96.9 Å². The van der Waals surface area contributed by atoms with Crippen LogP contribution in [-0.4, -0.2) is 6.54 Å². The molecule has 0 radical (unpaired) electrons. The van der Waals surface area contributed by atoms with Crippen molar-refractivity contribution in [2.45, 2.75) is 39.7 Å². The smallest absolute Gasteiger partial charge is 0.0386 e. The van der Waals surface area contributed by atoms with Crippen LogP contribution in [0.3, 0.4) is 0 Å². The van der Waals surface area contributed by atoms with Gasteiger partial charge >= 0.3 is 0 Å². The molecule has 1 heterocycles. The first kappa shape index (κ1) is 11.2. The van der Waals surface area contributed by atoms with Gasteiger partial charge in [0.25, 0.3) is 0 Å². The zero-order valence-corrected chi connectivity index (χ0v) is 10.7. The minimum absolute atomic E-state index is 0.515. The maximum atomic E-state index is 3.68. The maximum absolute atomic E-state index is 3.68. The van der Waals surface area contributed by atoms with E-state index in [1.807, 2.05) is 11.3 Å². The van der Waals surface area contributed by atoms with E-state index in [0.29, 0.717) is 11.5 Å². The van der Waals surface area contributed by atoms with E-state index >= 15 is 0 Å². The van der Waals surface area contributed by atoms with Gasteiger partial charge in [0, 0.05) is 17.5 Å². The fraction of sp³-hybridized carbons (Fsp3) is 0.692. The molecule has 0 spiro atoms. The monoisotopic (exact) mass is 223 g/mol. The van der Waals surface area contributed by atoms with Crippen LogP contribution in [0.5, 0.6) is 0 Å². The minimum Gasteiger partial charge on any atom is -0.309 e. The number of rotatable bonds is 5. The summed E-state index contributed by atoms with van der Waals surface area (Å²) in [5, 5.41) is 5.84. The Balaban J connectivity index is 1.84. The van der Waals surface area contributed by atoms with Crippen LogP contribution >= 0.6 is 11.3 Å². The van der Waals surface area contributed by atoms with Crippen molar-refractivity contribution >= 4 is 11.3 Å². The molecule has 0 bridgehead atoms. The second-order valence-corrected chi connectivity index (χ2v) is 6.11. The van der Waals surface area contributed by atoms with Crippen molar-refractivity contribution in [1.82, 2.24) is 5.32 Å². The highest BCUT2D eigenvalue weighted by Gasteiger charge is 2.44. The SMILES string of the molecule is CC(NCC1(C(C)C)CC1)c1cccs1. The highest BCUT2D eigenvalue weighted by Crippen LogP contribution is 2.51. The number of hydrogen-bond donors (Lipinski definition) is 1. The van der Waals surface area contributed by atoms with Crippen LogP contribution < -0.4 is 5.32 Å². The normalized spacial score (nSPS) is 20.5. The predicted octanol–water partition coefficient (Wildman–Crippen LogP) is 3.83. The average Bonchev–Trinajstić information content (AvgIpc) is 2.80. The summed E-state index contributed by atoms with van der Waals surface area (Å²) in [5.41, 5.74) is 0.617. The van der Waals surface area contributed by atoms with Crippen molar-refractivity contribution in [2.75, 3.05) is 6.54 Å². The summed E-state index contributed by atoms with van der Waals surface area (Å²) in [6, 6.07) is 4.87. The second-order valence-electron chi connectivity index (χ2n) is 5.14. The Kier molecular flexibility index (Phi) is 3.17. The van der Waals surface area contributed by atoms with E-state index in [0.717, 1.165) is 5.92 Å². The van der Waals surface area contributed by atoms with E-state index < -0.39 is 0 Å². The molecular formula is C13H21NS. The van der Waals surface area contributed by atoms with Crippen molar-refractivity contribution in [3.05, 3.63) is 22.4 Å². The van der Waals surface area contributed by atoms with E-state index in [1.54, 1.807) is 0 Å². The first-order valence-corrected chi connectivity index (χ1v) is 6.79. The summed E-state index contributed by atoms with van der Waals surface area (Å²) < 4.78 is 0. The van der Waals surface area contributed by atoms with Crippen LogP contribution in [0.4, 0.5) is 0 Å². The Morgan fingerprint density at radius 2 is 2.13 bits per heavy atom. The molecule has 1 saturated carbocycles. The summed E-state index contributed by atoms with van der Waals surface area (Å²) in [7, 11) is 0. The topological polar surface area (TPSA) is 12.0 Å². The number of thiophene rings is 1. The molecule has 0 amide bonds. The molecule has 84 valence electrons. The summed E-state index contributed by atoms with van der Waals surface area (Å²) in [6.07, 6.45) is 2.82. The molecular weight excluding hydrogens is 202 g/mol. The predicted molar refractivity (Wildman–Crippen MR) is 67.2 cm³/mol. The summed E-state index contributed by atoms with van der Waals surface area (Å²) in [4.78, 5) is 1.45. The molecule has 1 aromatic heterocycles. The Morgan fingerprint density at radius 3 is 2.60 bits per heavy atom. The van der Waals surface area contributed by atoms with Crippen LogP contribution in [0.1, 0.15) is 44.5 Å². The molecule has 2 heteroatoms. The van der Waals surface area contributed by atoms with Gasteiger partial charge in [0.2, 0.25) is 0 Å². The molecule has 1 aliphatic carbocycles. The lowest BCUT2D eigenvalue weighted by atomic mass is 9.92. The molecule has 1 nitrogen and oxygen atoms in total. The number of nitrogens with one attached hydrogen (secondary N) is 1. The largest absolute Gasteiger partial charge is 0.309 e. The molecule has 1 aromatic rings. The van der Waals surface area contributed by atoms with Gasteiger partial charge in [-0.2, -0.15) is 0 Å². The summed E-state index contributed by atoms with van der Waals surface area (Å²) in [6.45, 7) is 8.15. The zero-order valence-electron chi connectivity index (χ0n) is 9.92. The van der Waals surface area contributed by atoms with Gasteiger partial charge in [-0.05, 0) is 42.5 Å². The minimum atomic E-state index is 0.515. The molecule has 0 aliphatic heterocycles. The second kappa shape index (κ2) is 4.26. The highest BCUT2D eigenvalue weighted by atomic mass is 32.1. The third-order valence-corrected chi connectivity index (χ3v) is 4.90. The molecule has 1 aliphatic rings. The van der Waals surface area contributed by atoms with Gasteiger partial charge in [-0.3, -0.25) is 0 Å². The fourth-order valence-corrected chi connectivity index (χ4v) is 2.87. The lowest BCUT2D eigenvalue weighted by Gasteiger charge is -2.22. The standard InChI is InChI=1S/C13H21NS/c1-10(2)13(6-7-13)9-14-11(3)12-5-4-8-15-12/h4-5,8,10-11,14H,6-7,9H2,1-3H3. The van der Waals surface area contributed by atoms with E-state index in [9.17, 15) is 0 Å². The van der Waals surface area contributed by atoms with E-state index in [2.05, 4.69) is 43.6 Å². The first-order valence-electron chi connectivity index (χ1n) is 5.91. The van der Waals surface area contributed by atoms with Crippen molar-refractivity contribution < 1.29 is 0 Å². The highest BCUT2D eigenvalue weighted by molar-refractivity contribution is 7.10. The van der Waals surface area contributed by atoms with Crippen LogP contribution in [-0.2, 0) is 0 Å². The molecule has 0 aromatic carbocycles. The lowest BCUT2D eigenvalue weighted by Crippen LogP contribution is -2.29. The van der Waals surface area contributed by atoms with Crippen LogP contribution in [0.15, 0.2) is 17.5 Å². The Morgan fingerprint density at radius 1 is 1.40 bits per heavy atom. The number of hydrogen-bond acceptors (Lipinski definition) is 2.